The minimum atomic E-state index is -0.197. The summed E-state index contributed by atoms with van der Waals surface area (Å²) in [6, 6.07) is 6.83. The summed E-state index contributed by atoms with van der Waals surface area (Å²) in [5.41, 5.74) is 1.24. The van der Waals surface area contributed by atoms with E-state index in [1.807, 2.05) is 11.8 Å². The quantitative estimate of drug-likeness (QED) is 0.420. The van der Waals surface area contributed by atoms with Crippen LogP contribution in [0.1, 0.15) is 6.92 Å². The highest BCUT2D eigenvalue weighted by Crippen LogP contribution is 2.21. The van der Waals surface area contributed by atoms with Crippen molar-refractivity contribution in [3.05, 3.63) is 29.2 Å². The van der Waals surface area contributed by atoms with Gasteiger partial charge in [-0.25, -0.2) is 0 Å². The van der Waals surface area contributed by atoms with Crippen LogP contribution in [-0.2, 0) is 9.47 Å². The highest BCUT2D eigenvalue weighted by atomic mass is 16.5. The first-order chi connectivity index (χ1) is 9.22. The fourth-order valence-electron chi connectivity index (χ4n) is 1.73. The molecule has 0 fully saturated rings. The molecular formula is C13H20N2O4. The maximum absolute atomic E-state index is 10.4. The topological polar surface area (TPSA) is 71.4 Å². The first-order valence-electron chi connectivity index (χ1n) is 6.14. The number of methoxy groups -OCH3 is 1. The third-order valence-corrected chi connectivity index (χ3v) is 2.71. The zero-order valence-electron chi connectivity index (χ0n) is 11.3. The molecule has 1 rings (SSSR count). The number of nitroso groups, excluding NO2 is 1. The Bertz CT molecular complexity index is 369. The Morgan fingerprint density at radius 1 is 1.32 bits per heavy atom. The van der Waals surface area contributed by atoms with Gasteiger partial charge in [-0.3, -0.25) is 0 Å². The first kappa shape index (κ1) is 15.6. The third kappa shape index (κ3) is 4.94. The SMILES string of the molecule is COCCOC(C)N(CCO)c1ccc(N=O)cc1. The van der Waals surface area contributed by atoms with Crippen molar-refractivity contribution in [3.8, 4) is 0 Å². The minimum absolute atomic E-state index is 0.0195. The molecule has 1 N–H and O–H groups in total. The fourth-order valence-corrected chi connectivity index (χ4v) is 1.73. The summed E-state index contributed by atoms with van der Waals surface area (Å²) in [5, 5.41) is 12.0. The number of hydrogen-bond acceptors (Lipinski definition) is 6. The Hall–Kier alpha value is -1.50. The highest BCUT2D eigenvalue weighted by Gasteiger charge is 2.14. The van der Waals surface area contributed by atoms with Gasteiger partial charge in [0, 0.05) is 19.3 Å². The number of rotatable bonds is 9. The van der Waals surface area contributed by atoms with Crippen molar-refractivity contribution in [1.82, 2.24) is 0 Å². The number of ether oxygens (including phenoxy) is 2. The van der Waals surface area contributed by atoms with Gasteiger partial charge in [-0.05, 0) is 36.4 Å². The van der Waals surface area contributed by atoms with Gasteiger partial charge in [0.25, 0.3) is 0 Å². The second-order valence-corrected chi connectivity index (χ2v) is 3.99. The summed E-state index contributed by atoms with van der Waals surface area (Å²) in [5.74, 6) is 0. The molecule has 0 saturated heterocycles. The van der Waals surface area contributed by atoms with Crippen LogP contribution >= 0.6 is 0 Å². The zero-order chi connectivity index (χ0) is 14.1. The van der Waals surface area contributed by atoms with Gasteiger partial charge in [-0.15, -0.1) is 4.91 Å². The van der Waals surface area contributed by atoms with Crippen LogP contribution in [0.3, 0.4) is 0 Å². The van der Waals surface area contributed by atoms with Crippen molar-refractivity contribution in [2.24, 2.45) is 5.18 Å². The Labute approximate surface area is 112 Å². The van der Waals surface area contributed by atoms with Crippen LogP contribution in [0.5, 0.6) is 0 Å². The third-order valence-electron chi connectivity index (χ3n) is 2.71. The van der Waals surface area contributed by atoms with Crippen LogP contribution in [-0.4, -0.2) is 44.8 Å². The molecule has 6 heteroatoms. The molecule has 0 bridgehead atoms. The molecule has 6 nitrogen and oxygen atoms in total. The summed E-state index contributed by atoms with van der Waals surface area (Å²) in [6.45, 7) is 3.36. The fraction of sp³-hybridized carbons (Fsp3) is 0.538. The van der Waals surface area contributed by atoms with E-state index in [0.717, 1.165) is 5.69 Å². The molecule has 0 aliphatic rings. The molecule has 1 unspecified atom stereocenters. The first-order valence-corrected chi connectivity index (χ1v) is 6.14. The van der Waals surface area contributed by atoms with E-state index in [1.54, 1.807) is 31.4 Å². The molecule has 0 saturated carbocycles. The van der Waals surface area contributed by atoms with E-state index >= 15 is 0 Å². The summed E-state index contributed by atoms with van der Waals surface area (Å²) in [6.07, 6.45) is -0.197. The van der Waals surface area contributed by atoms with E-state index in [1.165, 1.54) is 0 Å². The molecule has 1 atom stereocenters. The molecule has 0 aromatic heterocycles. The average Bonchev–Trinajstić information content (AvgIpc) is 2.45. The number of nitrogens with zero attached hydrogens (tertiary/aromatic N) is 2. The van der Waals surface area contributed by atoms with Crippen LogP contribution in [0.15, 0.2) is 29.4 Å². The Morgan fingerprint density at radius 3 is 2.53 bits per heavy atom. The second-order valence-electron chi connectivity index (χ2n) is 3.99. The molecule has 0 aliphatic heterocycles. The van der Waals surface area contributed by atoms with Gasteiger partial charge in [0.2, 0.25) is 0 Å². The normalized spacial score (nSPS) is 12.2. The van der Waals surface area contributed by atoms with Crippen LogP contribution in [0.25, 0.3) is 0 Å². The summed E-state index contributed by atoms with van der Waals surface area (Å²) in [7, 11) is 1.62. The lowest BCUT2D eigenvalue weighted by Gasteiger charge is -2.30. The smallest absolute Gasteiger partial charge is 0.127 e. The predicted molar refractivity (Wildman–Crippen MR) is 73.6 cm³/mol. The van der Waals surface area contributed by atoms with Crippen LogP contribution in [0.2, 0.25) is 0 Å². The summed E-state index contributed by atoms with van der Waals surface area (Å²) < 4.78 is 10.5. The Morgan fingerprint density at radius 2 is 2.00 bits per heavy atom. The number of benzene rings is 1. The highest BCUT2D eigenvalue weighted by molar-refractivity contribution is 5.53. The zero-order valence-corrected chi connectivity index (χ0v) is 11.3. The van der Waals surface area contributed by atoms with Gasteiger partial charge in [0.15, 0.2) is 0 Å². The van der Waals surface area contributed by atoms with Crippen molar-refractivity contribution in [1.29, 1.82) is 0 Å². The molecule has 0 radical (unpaired) electrons. The van der Waals surface area contributed by atoms with Crippen molar-refractivity contribution in [2.75, 3.05) is 38.4 Å². The number of anilines is 1. The molecule has 0 amide bonds. The molecule has 1 aromatic carbocycles. The number of aliphatic hydroxyl groups is 1. The van der Waals surface area contributed by atoms with E-state index < -0.39 is 0 Å². The van der Waals surface area contributed by atoms with E-state index in [4.69, 9.17) is 14.6 Å². The summed E-state index contributed by atoms with van der Waals surface area (Å²) in [4.78, 5) is 12.3. The molecular weight excluding hydrogens is 248 g/mol. The Balaban J connectivity index is 2.71. The van der Waals surface area contributed by atoms with Gasteiger partial charge < -0.3 is 19.5 Å². The van der Waals surface area contributed by atoms with Gasteiger partial charge in [0.1, 0.15) is 11.9 Å². The van der Waals surface area contributed by atoms with E-state index in [2.05, 4.69) is 5.18 Å². The van der Waals surface area contributed by atoms with E-state index in [0.29, 0.717) is 25.4 Å². The van der Waals surface area contributed by atoms with Crippen LogP contribution in [0, 0.1) is 4.91 Å². The maximum Gasteiger partial charge on any atom is 0.127 e. The number of hydrogen-bond donors (Lipinski definition) is 1. The van der Waals surface area contributed by atoms with Crippen molar-refractivity contribution >= 4 is 11.4 Å². The average molecular weight is 268 g/mol. The molecule has 0 heterocycles. The van der Waals surface area contributed by atoms with Crippen molar-refractivity contribution in [3.63, 3.8) is 0 Å². The van der Waals surface area contributed by atoms with E-state index in [9.17, 15) is 4.91 Å². The largest absolute Gasteiger partial charge is 0.395 e. The minimum Gasteiger partial charge on any atom is -0.395 e. The molecule has 0 spiro atoms. The molecule has 1 aromatic rings. The van der Waals surface area contributed by atoms with Gasteiger partial charge in [-0.1, -0.05) is 0 Å². The van der Waals surface area contributed by atoms with Crippen LogP contribution in [0.4, 0.5) is 11.4 Å². The lowest BCUT2D eigenvalue weighted by molar-refractivity contribution is 0.0234. The van der Waals surface area contributed by atoms with Crippen molar-refractivity contribution in [2.45, 2.75) is 13.2 Å². The lowest BCUT2D eigenvalue weighted by Crippen LogP contribution is -2.38. The lowest BCUT2D eigenvalue weighted by atomic mass is 10.2. The van der Waals surface area contributed by atoms with Gasteiger partial charge in [0.05, 0.1) is 19.8 Å². The Kier molecular flexibility index (Phi) is 7.02. The summed E-state index contributed by atoms with van der Waals surface area (Å²) >= 11 is 0. The van der Waals surface area contributed by atoms with Crippen LogP contribution < -0.4 is 4.90 Å². The standard InChI is InChI=1S/C13H20N2O4/c1-11(19-10-9-18-2)15(7-8-16)13-5-3-12(14-17)4-6-13/h3-6,11,16H,7-10H2,1-2H3. The second kappa shape index (κ2) is 8.58. The van der Waals surface area contributed by atoms with E-state index in [-0.39, 0.29) is 12.8 Å². The monoisotopic (exact) mass is 268 g/mol. The molecule has 0 aliphatic carbocycles. The van der Waals surface area contributed by atoms with Gasteiger partial charge >= 0.3 is 0 Å². The maximum atomic E-state index is 10.4. The van der Waals surface area contributed by atoms with Crippen molar-refractivity contribution < 1.29 is 14.6 Å². The van der Waals surface area contributed by atoms with Gasteiger partial charge in [-0.2, -0.15) is 0 Å². The molecule has 106 valence electrons. The number of aliphatic hydroxyl groups excluding tert-OH is 1. The predicted octanol–water partition coefficient (Wildman–Crippen LogP) is 1.89. The molecule has 19 heavy (non-hydrogen) atoms.